The van der Waals surface area contributed by atoms with Crippen LogP contribution in [0.25, 0.3) is 0 Å². The van der Waals surface area contributed by atoms with E-state index in [1.165, 1.54) is 16.7 Å². The summed E-state index contributed by atoms with van der Waals surface area (Å²) < 4.78 is 71.9. The summed E-state index contributed by atoms with van der Waals surface area (Å²) >= 11 is 5.94. The Morgan fingerprint density at radius 2 is 1.39 bits per heavy atom. The predicted molar refractivity (Wildman–Crippen MR) is 141 cm³/mol. The van der Waals surface area contributed by atoms with Crippen LogP contribution in [-0.2, 0) is 41.9 Å². The number of hydrogen-bond donors (Lipinski definition) is 4. The molecular weight excluding hydrogens is 628 g/mol. The molecule has 0 radical (unpaired) electrons. The molecule has 4 N–H and O–H groups in total. The quantitative estimate of drug-likeness (QED) is 0.278. The lowest BCUT2D eigenvalue weighted by molar-refractivity contribution is -0.192. The van der Waals surface area contributed by atoms with E-state index in [1.807, 2.05) is 17.0 Å². The zero-order chi connectivity index (χ0) is 33.0. The van der Waals surface area contributed by atoms with Gasteiger partial charge in [-0.15, -0.1) is 0 Å². The number of fused-ring (bicyclic) bond motifs is 1. The smallest absolute Gasteiger partial charge is 0.490 e. The summed E-state index contributed by atoms with van der Waals surface area (Å²) in [7, 11) is 0. The largest absolute Gasteiger partial charge is 0.506 e. The average molecular weight is 650 g/mol. The van der Waals surface area contributed by atoms with Crippen LogP contribution < -0.4 is 10.9 Å². The van der Waals surface area contributed by atoms with Gasteiger partial charge in [0.15, 0.2) is 0 Å². The monoisotopic (exact) mass is 649 g/mol. The molecule has 0 unspecified atom stereocenters. The Hall–Kier alpha value is -4.57. The minimum Gasteiger partial charge on any atom is -0.506 e. The second-order valence-corrected chi connectivity index (χ2v) is 9.82. The Kier molecular flexibility index (Phi) is 10.3. The van der Waals surface area contributed by atoms with E-state index in [4.69, 9.17) is 26.6 Å². The highest BCUT2D eigenvalue weighted by Gasteiger charge is 2.38. The van der Waals surface area contributed by atoms with Crippen molar-refractivity contribution in [2.24, 2.45) is 0 Å². The van der Waals surface area contributed by atoms with Crippen molar-refractivity contribution in [1.82, 2.24) is 14.8 Å². The molecule has 44 heavy (non-hydrogen) atoms. The number of aromatic nitrogens is 1. The molecule has 2 aromatic carbocycles. The first-order valence-electron chi connectivity index (χ1n) is 12.3. The second kappa shape index (κ2) is 13.4. The van der Waals surface area contributed by atoms with Gasteiger partial charge < -0.3 is 25.2 Å². The third kappa shape index (κ3) is 8.50. The highest BCUT2D eigenvalue weighted by molar-refractivity contribution is 6.30. The molecule has 0 bridgehead atoms. The van der Waals surface area contributed by atoms with Crippen molar-refractivity contribution in [1.29, 1.82) is 0 Å². The van der Waals surface area contributed by atoms with E-state index in [2.05, 4.69) is 5.32 Å². The number of carboxylic acids is 2. The van der Waals surface area contributed by atoms with Crippen molar-refractivity contribution in [2.75, 3.05) is 6.54 Å². The van der Waals surface area contributed by atoms with E-state index in [9.17, 15) is 45.8 Å². The summed E-state index contributed by atoms with van der Waals surface area (Å²) in [6.07, 6.45) is -9.60. The van der Waals surface area contributed by atoms with Crippen LogP contribution in [0, 0.1) is 0 Å². The van der Waals surface area contributed by atoms with Crippen LogP contribution in [0.5, 0.6) is 5.75 Å². The third-order valence-corrected chi connectivity index (χ3v) is 6.47. The number of hydrogen-bond acceptors (Lipinski definition) is 6. The van der Waals surface area contributed by atoms with E-state index in [0.717, 1.165) is 17.7 Å². The summed E-state index contributed by atoms with van der Waals surface area (Å²) in [4.78, 5) is 47.7. The number of benzene rings is 2. The number of rotatable bonds is 7. The Labute approximate surface area is 248 Å². The zero-order valence-corrected chi connectivity index (χ0v) is 22.9. The van der Waals surface area contributed by atoms with Gasteiger partial charge in [-0.25, -0.2) is 4.79 Å². The second-order valence-electron chi connectivity index (χ2n) is 9.39. The molecule has 0 atom stereocenters. The van der Waals surface area contributed by atoms with Gasteiger partial charge in [-0.1, -0.05) is 35.9 Å². The number of carbonyl (C=O) groups excluding carboxylic acids is 1. The molecule has 3 aromatic rings. The Morgan fingerprint density at radius 1 is 0.864 bits per heavy atom. The molecule has 0 fully saturated rings. The standard InChI is InChI=1S/C25H21ClF3N3O5.C2HF3O2/c26-17-7-3-14(4-8-17)10-31-12-18-19(13-31)32(11-15-1-5-16(6-2-15)25(27,28)29)24(37)21(22(18)35)23(36)30-9-20(33)34;3-2(4,5)1(6)7/h1-8,35H,9-13H2,(H,30,36)(H,33,34);(H,6,7). The van der Waals surface area contributed by atoms with Crippen LogP contribution in [-0.4, -0.2) is 55.4 Å². The predicted octanol–water partition coefficient (Wildman–Crippen LogP) is 4.24. The fraction of sp³-hybridized carbons (Fsp3) is 0.259. The fourth-order valence-electron chi connectivity index (χ4n) is 4.21. The maximum atomic E-state index is 13.4. The Balaban J connectivity index is 0.000000676. The number of aliphatic carboxylic acids is 2. The van der Waals surface area contributed by atoms with Crippen LogP contribution in [0.2, 0.25) is 5.02 Å². The van der Waals surface area contributed by atoms with E-state index >= 15 is 0 Å². The number of carbonyl (C=O) groups is 3. The number of nitrogens with one attached hydrogen (secondary N) is 1. The zero-order valence-electron chi connectivity index (χ0n) is 22.2. The summed E-state index contributed by atoms with van der Waals surface area (Å²) in [6, 6.07) is 11.4. The molecule has 17 heteroatoms. The maximum Gasteiger partial charge on any atom is 0.490 e. The van der Waals surface area contributed by atoms with Crippen LogP contribution in [0.1, 0.15) is 38.3 Å². The minimum absolute atomic E-state index is 0.159. The Morgan fingerprint density at radius 3 is 1.89 bits per heavy atom. The SMILES string of the molecule is O=C(O)C(F)(F)F.O=C(O)CNC(=O)c1c(O)c2c(n(Cc3ccc(C(F)(F)F)cc3)c1=O)CN(Cc1ccc(Cl)cc1)C2. The molecule has 10 nitrogen and oxygen atoms in total. The number of carboxylic acid groups (broad SMARTS) is 2. The van der Waals surface area contributed by atoms with E-state index in [-0.39, 0.29) is 19.6 Å². The van der Waals surface area contributed by atoms with Gasteiger partial charge in [0.05, 0.1) is 12.1 Å². The highest BCUT2D eigenvalue weighted by Crippen LogP contribution is 2.33. The molecule has 0 saturated heterocycles. The molecule has 4 rings (SSSR count). The normalized spacial score (nSPS) is 13.1. The number of amides is 1. The summed E-state index contributed by atoms with van der Waals surface area (Å²) in [5.74, 6) is -5.71. The fourth-order valence-corrected chi connectivity index (χ4v) is 4.33. The molecular formula is C27H22ClF6N3O7. The van der Waals surface area contributed by atoms with Gasteiger partial charge in [0, 0.05) is 35.9 Å². The van der Waals surface area contributed by atoms with Crippen molar-refractivity contribution < 1.29 is 56.0 Å². The molecule has 2 heterocycles. The molecule has 0 saturated carbocycles. The van der Waals surface area contributed by atoms with Gasteiger partial charge in [-0.2, -0.15) is 26.3 Å². The van der Waals surface area contributed by atoms with Gasteiger partial charge in [0.25, 0.3) is 11.5 Å². The lowest BCUT2D eigenvalue weighted by Crippen LogP contribution is -2.37. The molecule has 236 valence electrons. The van der Waals surface area contributed by atoms with Crippen LogP contribution >= 0.6 is 11.6 Å². The first-order valence-corrected chi connectivity index (χ1v) is 12.7. The first kappa shape index (κ1) is 33.9. The Bertz CT molecular complexity index is 1610. The summed E-state index contributed by atoms with van der Waals surface area (Å²) in [5, 5.41) is 29.5. The van der Waals surface area contributed by atoms with Gasteiger partial charge >= 0.3 is 24.3 Å². The van der Waals surface area contributed by atoms with Crippen molar-refractivity contribution in [3.63, 3.8) is 0 Å². The van der Waals surface area contributed by atoms with E-state index < -0.39 is 59.2 Å². The van der Waals surface area contributed by atoms with Crippen LogP contribution in [0.3, 0.4) is 0 Å². The molecule has 1 aromatic heterocycles. The van der Waals surface area contributed by atoms with Crippen LogP contribution in [0.15, 0.2) is 53.3 Å². The van der Waals surface area contributed by atoms with Gasteiger partial charge in [-0.05, 0) is 35.4 Å². The molecule has 0 aliphatic carbocycles. The van der Waals surface area contributed by atoms with Crippen molar-refractivity contribution in [2.45, 2.75) is 38.5 Å². The topological polar surface area (TPSA) is 149 Å². The van der Waals surface area contributed by atoms with E-state index in [0.29, 0.717) is 28.4 Å². The number of pyridine rings is 1. The summed E-state index contributed by atoms with van der Waals surface area (Å²) in [6.45, 7) is -0.0982. The van der Waals surface area contributed by atoms with Gasteiger partial charge in [-0.3, -0.25) is 19.3 Å². The number of alkyl halides is 6. The molecule has 0 spiro atoms. The first-order chi connectivity index (χ1) is 20.4. The lowest BCUT2D eigenvalue weighted by atomic mass is 10.1. The maximum absolute atomic E-state index is 13.4. The van der Waals surface area contributed by atoms with E-state index in [1.54, 1.807) is 12.1 Å². The third-order valence-electron chi connectivity index (χ3n) is 6.22. The van der Waals surface area contributed by atoms with Crippen molar-refractivity contribution in [3.05, 3.63) is 97.4 Å². The minimum atomic E-state index is -5.08. The molecule has 1 aliphatic heterocycles. The summed E-state index contributed by atoms with van der Waals surface area (Å²) in [5.41, 5.74) is -0.356. The average Bonchev–Trinajstić information content (AvgIpc) is 3.35. The lowest BCUT2D eigenvalue weighted by Gasteiger charge is -2.17. The molecule has 1 aliphatic rings. The van der Waals surface area contributed by atoms with Gasteiger partial charge in [0.2, 0.25) is 0 Å². The molecule has 1 amide bonds. The number of halogens is 7. The van der Waals surface area contributed by atoms with Crippen LogP contribution in [0.4, 0.5) is 26.3 Å². The van der Waals surface area contributed by atoms with Crippen molar-refractivity contribution in [3.8, 4) is 5.75 Å². The number of aromatic hydroxyl groups is 1. The van der Waals surface area contributed by atoms with Gasteiger partial charge in [0.1, 0.15) is 17.9 Å². The highest BCUT2D eigenvalue weighted by atomic mass is 35.5. The number of nitrogens with zero attached hydrogens (tertiary/aromatic N) is 2. The van der Waals surface area contributed by atoms with Crippen molar-refractivity contribution >= 4 is 29.4 Å².